The maximum Gasteiger partial charge on any atom is 0.270 e. The van der Waals surface area contributed by atoms with Crippen LogP contribution in [-0.4, -0.2) is 45.9 Å². The molecular weight excluding hydrogens is 288 g/mol. The van der Waals surface area contributed by atoms with Crippen LogP contribution in [-0.2, 0) is 0 Å². The zero-order valence-corrected chi connectivity index (χ0v) is 13.4. The molecule has 1 aliphatic heterocycles. The Hall–Kier alpha value is -1.88. The number of hydrogen-bond acceptors (Lipinski definition) is 3. The highest BCUT2D eigenvalue weighted by atomic mass is 16.1. The Morgan fingerprint density at radius 3 is 2.70 bits per heavy atom. The van der Waals surface area contributed by atoms with Gasteiger partial charge in [0.05, 0.1) is 0 Å². The number of fused-ring (bicyclic) bond motifs is 1. The minimum atomic E-state index is -0.0548. The Kier molecular flexibility index (Phi) is 4.04. The number of carbonyl (C=O) groups is 1. The molecule has 1 saturated heterocycles. The SMILES string of the molecule is O=C(NC1CCN(C2CCCC2)CC1)c1ccc2cc[nH]c2n1. The second kappa shape index (κ2) is 6.32. The number of pyridine rings is 1. The van der Waals surface area contributed by atoms with Crippen molar-refractivity contribution in [2.45, 2.75) is 50.6 Å². The maximum atomic E-state index is 12.4. The highest BCUT2D eigenvalue weighted by Gasteiger charge is 2.27. The van der Waals surface area contributed by atoms with E-state index in [2.05, 4.69) is 20.2 Å². The Morgan fingerprint density at radius 2 is 1.91 bits per heavy atom. The highest BCUT2D eigenvalue weighted by molar-refractivity contribution is 5.94. The summed E-state index contributed by atoms with van der Waals surface area (Å²) in [5, 5.41) is 4.19. The predicted molar refractivity (Wildman–Crippen MR) is 90.4 cm³/mol. The van der Waals surface area contributed by atoms with Crippen LogP contribution in [0.15, 0.2) is 24.4 Å². The quantitative estimate of drug-likeness (QED) is 0.916. The van der Waals surface area contributed by atoms with E-state index in [0.717, 1.165) is 43.0 Å². The molecule has 122 valence electrons. The normalized spacial score (nSPS) is 21.0. The third-order valence-corrected chi connectivity index (χ3v) is 5.35. The molecule has 5 heteroatoms. The average Bonchev–Trinajstić information content (AvgIpc) is 3.26. The van der Waals surface area contributed by atoms with Gasteiger partial charge in [-0.05, 0) is 43.9 Å². The summed E-state index contributed by atoms with van der Waals surface area (Å²) >= 11 is 0. The minimum absolute atomic E-state index is 0.0548. The molecule has 0 aromatic carbocycles. The number of carbonyl (C=O) groups excluding carboxylic acids is 1. The molecule has 2 aromatic rings. The van der Waals surface area contributed by atoms with Crippen molar-refractivity contribution >= 4 is 16.9 Å². The van der Waals surface area contributed by atoms with Gasteiger partial charge in [-0.3, -0.25) is 4.79 Å². The Balaban J connectivity index is 1.34. The summed E-state index contributed by atoms with van der Waals surface area (Å²) in [6.45, 7) is 2.22. The Morgan fingerprint density at radius 1 is 1.13 bits per heavy atom. The first-order valence-corrected chi connectivity index (χ1v) is 8.79. The van der Waals surface area contributed by atoms with E-state index in [0.29, 0.717) is 5.69 Å². The van der Waals surface area contributed by atoms with Crippen LogP contribution in [0.1, 0.15) is 49.0 Å². The van der Waals surface area contributed by atoms with Crippen molar-refractivity contribution in [3.05, 3.63) is 30.1 Å². The second-order valence-corrected chi connectivity index (χ2v) is 6.83. The zero-order valence-electron chi connectivity index (χ0n) is 13.4. The Bertz CT molecular complexity index is 681. The van der Waals surface area contributed by atoms with E-state index in [1.54, 1.807) is 6.07 Å². The number of aromatic amines is 1. The summed E-state index contributed by atoms with van der Waals surface area (Å²) in [6.07, 6.45) is 9.43. The Labute approximate surface area is 136 Å². The summed E-state index contributed by atoms with van der Waals surface area (Å²) in [5.41, 5.74) is 1.27. The van der Waals surface area contributed by atoms with Gasteiger partial charge in [0, 0.05) is 36.8 Å². The molecule has 0 unspecified atom stereocenters. The highest BCUT2D eigenvalue weighted by Crippen LogP contribution is 2.26. The molecule has 1 amide bonds. The topological polar surface area (TPSA) is 61.0 Å². The fourth-order valence-electron chi connectivity index (χ4n) is 3.99. The van der Waals surface area contributed by atoms with Crippen molar-refractivity contribution in [2.75, 3.05) is 13.1 Å². The van der Waals surface area contributed by atoms with Gasteiger partial charge in [-0.25, -0.2) is 4.98 Å². The standard InChI is InChI=1S/C18H24N4O/c23-18(16-6-5-13-7-10-19-17(13)21-16)20-14-8-11-22(12-9-14)15-3-1-2-4-15/h5-7,10,14-15H,1-4,8-9,11-12H2,(H,19,21)(H,20,23). The van der Waals surface area contributed by atoms with Gasteiger partial charge >= 0.3 is 0 Å². The molecule has 0 bridgehead atoms. The van der Waals surface area contributed by atoms with Gasteiger partial charge in [-0.2, -0.15) is 0 Å². The molecule has 2 N–H and O–H groups in total. The molecule has 23 heavy (non-hydrogen) atoms. The molecular formula is C18H24N4O. The molecule has 2 aromatic heterocycles. The zero-order chi connectivity index (χ0) is 15.6. The number of amides is 1. The van der Waals surface area contributed by atoms with Gasteiger partial charge in [-0.1, -0.05) is 12.8 Å². The van der Waals surface area contributed by atoms with Crippen molar-refractivity contribution in [1.82, 2.24) is 20.2 Å². The molecule has 3 heterocycles. The third kappa shape index (κ3) is 3.11. The number of likely N-dealkylation sites (tertiary alicyclic amines) is 1. The molecule has 5 nitrogen and oxygen atoms in total. The average molecular weight is 312 g/mol. The fourth-order valence-corrected chi connectivity index (χ4v) is 3.99. The number of rotatable bonds is 3. The van der Waals surface area contributed by atoms with Crippen molar-refractivity contribution in [3.8, 4) is 0 Å². The van der Waals surface area contributed by atoms with Crippen LogP contribution in [0.3, 0.4) is 0 Å². The number of nitrogens with one attached hydrogen (secondary N) is 2. The summed E-state index contributed by atoms with van der Waals surface area (Å²) < 4.78 is 0. The van der Waals surface area contributed by atoms with Crippen LogP contribution in [0.5, 0.6) is 0 Å². The number of nitrogens with zero attached hydrogens (tertiary/aromatic N) is 2. The van der Waals surface area contributed by atoms with Crippen molar-refractivity contribution in [2.24, 2.45) is 0 Å². The number of hydrogen-bond donors (Lipinski definition) is 2. The molecule has 0 spiro atoms. The first-order chi connectivity index (χ1) is 11.3. The van der Waals surface area contributed by atoms with Crippen LogP contribution in [0.2, 0.25) is 0 Å². The van der Waals surface area contributed by atoms with E-state index in [4.69, 9.17) is 0 Å². The summed E-state index contributed by atoms with van der Waals surface area (Å²) in [7, 11) is 0. The lowest BCUT2D eigenvalue weighted by molar-refractivity contribution is 0.0888. The molecule has 1 saturated carbocycles. The lowest BCUT2D eigenvalue weighted by Crippen LogP contribution is -2.47. The van der Waals surface area contributed by atoms with Crippen LogP contribution >= 0.6 is 0 Å². The summed E-state index contributed by atoms with van der Waals surface area (Å²) in [6, 6.07) is 6.78. The van der Waals surface area contributed by atoms with Crippen molar-refractivity contribution in [1.29, 1.82) is 0 Å². The third-order valence-electron chi connectivity index (χ3n) is 5.35. The van der Waals surface area contributed by atoms with Gasteiger partial charge in [0.25, 0.3) is 5.91 Å². The van der Waals surface area contributed by atoms with E-state index in [1.807, 2.05) is 18.3 Å². The van der Waals surface area contributed by atoms with Crippen LogP contribution < -0.4 is 5.32 Å². The van der Waals surface area contributed by atoms with Gasteiger partial charge < -0.3 is 15.2 Å². The molecule has 0 radical (unpaired) electrons. The predicted octanol–water partition coefficient (Wildman–Crippen LogP) is 2.70. The van der Waals surface area contributed by atoms with Gasteiger partial charge in [0.2, 0.25) is 0 Å². The molecule has 2 aliphatic rings. The summed E-state index contributed by atoms with van der Waals surface area (Å²) in [5.74, 6) is -0.0548. The molecule has 4 rings (SSSR count). The van der Waals surface area contributed by atoms with Crippen molar-refractivity contribution in [3.63, 3.8) is 0 Å². The number of H-pyrrole nitrogens is 1. The molecule has 2 fully saturated rings. The largest absolute Gasteiger partial charge is 0.348 e. The maximum absolute atomic E-state index is 12.4. The van der Waals surface area contributed by atoms with E-state index in [-0.39, 0.29) is 11.9 Å². The molecule has 0 atom stereocenters. The first-order valence-electron chi connectivity index (χ1n) is 8.79. The van der Waals surface area contributed by atoms with E-state index in [9.17, 15) is 4.79 Å². The summed E-state index contributed by atoms with van der Waals surface area (Å²) in [4.78, 5) is 22.5. The number of aromatic nitrogens is 2. The van der Waals surface area contributed by atoms with Gasteiger partial charge in [0.15, 0.2) is 0 Å². The lowest BCUT2D eigenvalue weighted by Gasteiger charge is -2.36. The van der Waals surface area contributed by atoms with E-state index < -0.39 is 0 Å². The smallest absolute Gasteiger partial charge is 0.270 e. The van der Waals surface area contributed by atoms with Crippen LogP contribution in [0, 0.1) is 0 Å². The second-order valence-electron chi connectivity index (χ2n) is 6.83. The first kappa shape index (κ1) is 14.7. The molecule has 1 aliphatic carbocycles. The van der Waals surface area contributed by atoms with Gasteiger partial charge in [-0.15, -0.1) is 0 Å². The van der Waals surface area contributed by atoms with Crippen LogP contribution in [0.25, 0.3) is 11.0 Å². The number of piperidine rings is 1. The van der Waals surface area contributed by atoms with E-state index in [1.165, 1.54) is 25.7 Å². The lowest BCUT2D eigenvalue weighted by atomic mass is 10.0. The van der Waals surface area contributed by atoms with Gasteiger partial charge in [0.1, 0.15) is 11.3 Å². The van der Waals surface area contributed by atoms with Crippen LogP contribution in [0.4, 0.5) is 0 Å². The minimum Gasteiger partial charge on any atom is -0.348 e. The van der Waals surface area contributed by atoms with E-state index >= 15 is 0 Å². The monoisotopic (exact) mass is 312 g/mol. The van der Waals surface area contributed by atoms with Crippen molar-refractivity contribution < 1.29 is 4.79 Å². The fraction of sp³-hybridized carbons (Fsp3) is 0.556.